The molecule has 2 aromatic rings. The first kappa shape index (κ1) is 13.9. The lowest BCUT2D eigenvalue weighted by molar-refractivity contribution is 1.02. The number of hydrogen-bond donors (Lipinski definition) is 1. The number of benzene rings is 1. The van der Waals surface area contributed by atoms with Gasteiger partial charge in [-0.3, -0.25) is 0 Å². The van der Waals surface area contributed by atoms with Gasteiger partial charge < -0.3 is 5.32 Å². The molecule has 0 aliphatic carbocycles. The van der Waals surface area contributed by atoms with Crippen LogP contribution in [0.25, 0.3) is 0 Å². The van der Waals surface area contributed by atoms with Gasteiger partial charge in [-0.05, 0) is 37.4 Å². The van der Waals surface area contributed by atoms with Gasteiger partial charge in [-0.2, -0.15) is 9.64 Å². The van der Waals surface area contributed by atoms with E-state index in [-0.39, 0.29) is 5.15 Å². The lowest BCUT2D eigenvalue weighted by Gasteiger charge is -2.06. The molecule has 0 amide bonds. The minimum absolute atomic E-state index is 0.279. The first-order valence-corrected chi connectivity index (χ1v) is 7.11. The molecule has 0 fully saturated rings. The molecular weight excluding hydrogens is 278 g/mol. The average Bonchev–Trinajstić information content (AvgIpc) is 2.69. The molecule has 0 bridgehead atoms. The van der Waals surface area contributed by atoms with Crippen LogP contribution in [0.5, 0.6) is 0 Å². The van der Waals surface area contributed by atoms with Crippen LogP contribution < -0.4 is 5.32 Å². The Morgan fingerprint density at radius 3 is 2.63 bits per heavy atom. The normalized spacial score (nSPS) is 10.2. The van der Waals surface area contributed by atoms with Crippen LogP contribution in [0.15, 0.2) is 18.2 Å². The molecule has 0 spiro atoms. The number of halogens is 1. The molecule has 19 heavy (non-hydrogen) atoms. The maximum absolute atomic E-state index is 8.97. The van der Waals surface area contributed by atoms with E-state index in [4.69, 9.17) is 16.9 Å². The monoisotopic (exact) mass is 291 g/mol. The van der Waals surface area contributed by atoms with E-state index in [2.05, 4.69) is 47.8 Å². The van der Waals surface area contributed by atoms with Crippen molar-refractivity contribution < 1.29 is 0 Å². The van der Waals surface area contributed by atoms with Crippen LogP contribution in [-0.2, 0) is 6.42 Å². The van der Waals surface area contributed by atoms with Crippen molar-refractivity contribution in [3.05, 3.63) is 45.6 Å². The summed E-state index contributed by atoms with van der Waals surface area (Å²) in [6.45, 7) is 4.96. The van der Waals surface area contributed by atoms with Crippen LogP contribution in [0, 0.1) is 25.2 Å². The highest BCUT2D eigenvalue weighted by atomic mass is 35.5. The number of aryl methyl sites for hydroxylation is 2. The number of anilines is 1. The second kappa shape index (κ2) is 6.05. The van der Waals surface area contributed by atoms with E-state index in [0.717, 1.165) is 18.0 Å². The molecule has 0 saturated heterocycles. The fourth-order valence-corrected chi connectivity index (χ4v) is 2.98. The zero-order valence-corrected chi connectivity index (χ0v) is 12.4. The Hall–Kier alpha value is -1.57. The predicted molar refractivity (Wildman–Crippen MR) is 79.9 cm³/mol. The molecule has 1 aromatic carbocycles. The highest BCUT2D eigenvalue weighted by Crippen LogP contribution is 2.27. The van der Waals surface area contributed by atoms with Gasteiger partial charge in [-0.25, -0.2) is 0 Å². The topological polar surface area (TPSA) is 48.7 Å². The van der Waals surface area contributed by atoms with Crippen molar-refractivity contribution in [1.29, 1.82) is 5.26 Å². The second-order valence-electron chi connectivity index (χ2n) is 4.46. The van der Waals surface area contributed by atoms with E-state index in [0.29, 0.717) is 5.56 Å². The number of hydrogen-bond acceptors (Lipinski definition) is 4. The third-order valence-electron chi connectivity index (χ3n) is 2.74. The lowest BCUT2D eigenvalue weighted by Crippen LogP contribution is -2.05. The maximum Gasteiger partial charge on any atom is 0.162 e. The quantitative estimate of drug-likeness (QED) is 0.928. The lowest BCUT2D eigenvalue weighted by atomic mass is 10.1. The Morgan fingerprint density at radius 2 is 2.00 bits per heavy atom. The van der Waals surface area contributed by atoms with Crippen LogP contribution >= 0.6 is 23.1 Å². The highest BCUT2D eigenvalue weighted by molar-refractivity contribution is 7.10. The van der Waals surface area contributed by atoms with Crippen LogP contribution in [0.2, 0.25) is 5.15 Å². The average molecular weight is 292 g/mol. The Kier molecular flexibility index (Phi) is 4.41. The fraction of sp³-hybridized carbons (Fsp3) is 0.286. The van der Waals surface area contributed by atoms with Crippen LogP contribution in [0.1, 0.15) is 22.3 Å². The van der Waals surface area contributed by atoms with Gasteiger partial charge in [0.05, 0.1) is 0 Å². The van der Waals surface area contributed by atoms with Crippen molar-refractivity contribution in [2.24, 2.45) is 0 Å². The van der Waals surface area contributed by atoms with Crippen LogP contribution in [-0.4, -0.2) is 10.9 Å². The molecule has 1 N–H and O–H groups in total. The first-order chi connectivity index (χ1) is 9.10. The highest BCUT2D eigenvalue weighted by Gasteiger charge is 2.10. The number of aromatic nitrogens is 1. The minimum atomic E-state index is 0.279. The zero-order chi connectivity index (χ0) is 13.8. The molecule has 0 saturated carbocycles. The summed E-state index contributed by atoms with van der Waals surface area (Å²) >= 11 is 7.05. The molecule has 0 unspecified atom stereocenters. The van der Waals surface area contributed by atoms with Crippen molar-refractivity contribution >= 4 is 28.1 Å². The van der Waals surface area contributed by atoms with Crippen molar-refractivity contribution in [3.63, 3.8) is 0 Å². The molecule has 2 rings (SSSR count). The number of nitriles is 1. The van der Waals surface area contributed by atoms with Crippen LogP contribution in [0.3, 0.4) is 0 Å². The van der Waals surface area contributed by atoms with Crippen LogP contribution in [0.4, 0.5) is 5.00 Å². The second-order valence-corrected chi connectivity index (χ2v) is 5.59. The van der Waals surface area contributed by atoms with Crippen molar-refractivity contribution in [3.8, 4) is 6.07 Å². The Bertz CT molecular complexity index is 608. The van der Waals surface area contributed by atoms with E-state index >= 15 is 0 Å². The summed E-state index contributed by atoms with van der Waals surface area (Å²) in [7, 11) is 0. The van der Waals surface area contributed by atoms with E-state index < -0.39 is 0 Å². The van der Waals surface area contributed by atoms with Crippen molar-refractivity contribution in [2.45, 2.75) is 20.3 Å². The maximum atomic E-state index is 8.97. The summed E-state index contributed by atoms with van der Waals surface area (Å²) < 4.78 is 3.96. The van der Waals surface area contributed by atoms with E-state index in [1.165, 1.54) is 28.2 Å². The minimum Gasteiger partial charge on any atom is -0.374 e. The number of nitrogens with zero attached hydrogens (tertiary/aromatic N) is 2. The summed E-state index contributed by atoms with van der Waals surface area (Å²) in [5.41, 5.74) is 4.27. The Morgan fingerprint density at radius 1 is 1.32 bits per heavy atom. The van der Waals surface area contributed by atoms with E-state index in [1.54, 1.807) is 0 Å². The van der Waals surface area contributed by atoms with Gasteiger partial charge in [0.15, 0.2) is 5.15 Å². The first-order valence-electron chi connectivity index (χ1n) is 5.96. The summed E-state index contributed by atoms with van der Waals surface area (Å²) in [6.07, 6.45) is 0.906. The van der Waals surface area contributed by atoms with Crippen molar-refractivity contribution in [2.75, 3.05) is 11.9 Å². The number of rotatable bonds is 4. The number of nitrogens with one attached hydrogen (secondary N) is 1. The van der Waals surface area contributed by atoms with Gasteiger partial charge in [0.1, 0.15) is 16.6 Å². The zero-order valence-electron chi connectivity index (χ0n) is 10.8. The molecule has 0 aliphatic heterocycles. The predicted octanol–water partition coefficient (Wildman–Crippen LogP) is 3.94. The SMILES string of the molecule is Cc1cc(C)cc(CCNc2snc(Cl)c2C#N)c1. The van der Waals surface area contributed by atoms with Gasteiger partial charge >= 0.3 is 0 Å². The molecule has 0 atom stereocenters. The van der Waals surface area contributed by atoms with Crippen molar-refractivity contribution in [1.82, 2.24) is 4.37 Å². The van der Waals surface area contributed by atoms with Gasteiger partial charge in [-0.15, -0.1) is 0 Å². The fourth-order valence-electron chi connectivity index (χ4n) is 2.02. The summed E-state index contributed by atoms with van der Waals surface area (Å²) in [5.74, 6) is 0. The summed E-state index contributed by atoms with van der Waals surface area (Å²) in [5, 5.41) is 13.2. The molecule has 1 heterocycles. The standard InChI is InChI=1S/C14H14ClN3S/c1-9-5-10(2)7-11(6-9)3-4-17-14-12(8-16)13(15)18-19-14/h5-7,17H,3-4H2,1-2H3. The van der Waals surface area contributed by atoms with Gasteiger partial charge in [0.2, 0.25) is 0 Å². The molecule has 0 radical (unpaired) electrons. The largest absolute Gasteiger partial charge is 0.374 e. The Balaban J connectivity index is 1.98. The third-order valence-corrected chi connectivity index (χ3v) is 3.92. The Labute approximate surface area is 122 Å². The molecular formula is C14H14ClN3S. The van der Waals surface area contributed by atoms with E-state index in [9.17, 15) is 0 Å². The molecule has 0 aliphatic rings. The molecule has 3 nitrogen and oxygen atoms in total. The summed E-state index contributed by atoms with van der Waals surface area (Å²) in [6, 6.07) is 8.58. The van der Waals surface area contributed by atoms with Gasteiger partial charge in [0, 0.05) is 6.54 Å². The molecule has 98 valence electrons. The molecule has 5 heteroatoms. The van der Waals surface area contributed by atoms with E-state index in [1.807, 2.05) is 0 Å². The smallest absolute Gasteiger partial charge is 0.162 e. The third kappa shape index (κ3) is 3.46. The van der Waals surface area contributed by atoms with Gasteiger partial charge in [-0.1, -0.05) is 40.9 Å². The molecule has 1 aromatic heterocycles. The van der Waals surface area contributed by atoms with Gasteiger partial charge in [0.25, 0.3) is 0 Å². The summed E-state index contributed by atoms with van der Waals surface area (Å²) in [4.78, 5) is 0.